The number of rotatable bonds is 3. The lowest BCUT2D eigenvalue weighted by atomic mass is 9.96. The summed E-state index contributed by atoms with van der Waals surface area (Å²) in [5, 5.41) is 10.4. The van der Waals surface area contributed by atoms with Gasteiger partial charge in [0.15, 0.2) is 0 Å². The fourth-order valence-electron chi connectivity index (χ4n) is 3.27. The van der Waals surface area contributed by atoms with Gasteiger partial charge in [-0.05, 0) is 18.1 Å². The summed E-state index contributed by atoms with van der Waals surface area (Å²) in [6, 6.07) is 5.28. The van der Waals surface area contributed by atoms with Gasteiger partial charge < -0.3 is 5.11 Å². The SMILES string of the molecule is OC(Cc1cccc(C(F)(F)F)c1)C1CN2CCN1CC2. The number of hydrogen-bond acceptors (Lipinski definition) is 3. The minimum atomic E-state index is -4.33. The molecule has 0 saturated carbocycles. The van der Waals surface area contributed by atoms with E-state index in [0.29, 0.717) is 5.56 Å². The van der Waals surface area contributed by atoms with E-state index in [2.05, 4.69) is 9.80 Å². The molecule has 1 aromatic rings. The van der Waals surface area contributed by atoms with Gasteiger partial charge in [-0.25, -0.2) is 0 Å². The Morgan fingerprint density at radius 3 is 2.48 bits per heavy atom. The maximum Gasteiger partial charge on any atom is 0.416 e. The van der Waals surface area contributed by atoms with Crippen LogP contribution in [-0.4, -0.2) is 59.8 Å². The van der Waals surface area contributed by atoms with Crippen LogP contribution in [-0.2, 0) is 12.6 Å². The first-order valence-corrected chi connectivity index (χ1v) is 7.24. The summed E-state index contributed by atoms with van der Waals surface area (Å²) < 4.78 is 38.1. The highest BCUT2D eigenvalue weighted by molar-refractivity contribution is 5.26. The topological polar surface area (TPSA) is 26.7 Å². The first-order valence-electron chi connectivity index (χ1n) is 7.24. The van der Waals surface area contributed by atoms with Crippen molar-refractivity contribution < 1.29 is 18.3 Å². The Labute approximate surface area is 122 Å². The van der Waals surface area contributed by atoms with Crippen LogP contribution in [0.4, 0.5) is 13.2 Å². The quantitative estimate of drug-likeness (QED) is 0.919. The second kappa shape index (κ2) is 5.59. The third-order valence-electron chi connectivity index (χ3n) is 4.46. The van der Waals surface area contributed by atoms with Crippen LogP contribution < -0.4 is 0 Å². The largest absolute Gasteiger partial charge is 0.416 e. The van der Waals surface area contributed by atoms with Gasteiger partial charge in [0.1, 0.15) is 0 Å². The van der Waals surface area contributed by atoms with Gasteiger partial charge in [-0.15, -0.1) is 0 Å². The van der Waals surface area contributed by atoms with Gasteiger partial charge in [0.2, 0.25) is 0 Å². The van der Waals surface area contributed by atoms with Crippen LogP contribution >= 0.6 is 0 Å². The van der Waals surface area contributed by atoms with Gasteiger partial charge in [0, 0.05) is 38.8 Å². The first-order chi connectivity index (χ1) is 9.93. The maximum absolute atomic E-state index is 12.7. The molecule has 2 unspecified atom stereocenters. The van der Waals surface area contributed by atoms with E-state index in [1.165, 1.54) is 6.07 Å². The van der Waals surface area contributed by atoms with Crippen molar-refractivity contribution in [2.24, 2.45) is 0 Å². The molecule has 0 amide bonds. The van der Waals surface area contributed by atoms with Crippen molar-refractivity contribution in [3.8, 4) is 0 Å². The standard InChI is InChI=1S/C15H19F3N2O/c16-15(17,18)12-3-1-2-11(8-12)9-14(21)13-10-19-4-6-20(13)7-5-19/h1-3,8,13-14,21H,4-7,9-10H2. The van der Waals surface area contributed by atoms with Gasteiger partial charge >= 0.3 is 6.18 Å². The molecule has 2 atom stereocenters. The van der Waals surface area contributed by atoms with Crippen LogP contribution in [0.15, 0.2) is 24.3 Å². The lowest BCUT2D eigenvalue weighted by molar-refractivity contribution is -0.137. The Morgan fingerprint density at radius 1 is 1.19 bits per heavy atom. The van der Waals surface area contributed by atoms with Crippen LogP contribution in [0.5, 0.6) is 0 Å². The molecule has 3 saturated heterocycles. The second-order valence-corrected chi connectivity index (χ2v) is 5.87. The number of alkyl halides is 3. The molecular formula is C15H19F3N2O. The monoisotopic (exact) mass is 300 g/mol. The first kappa shape index (κ1) is 14.8. The third kappa shape index (κ3) is 3.22. The van der Waals surface area contributed by atoms with Gasteiger partial charge in [0.25, 0.3) is 0 Å². The van der Waals surface area contributed by atoms with Crippen LogP contribution in [0.1, 0.15) is 11.1 Å². The highest BCUT2D eigenvalue weighted by atomic mass is 19.4. The van der Waals surface area contributed by atoms with Gasteiger partial charge in [-0.2, -0.15) is 13.2 Å². The van der Waals surface area contributed by atoms with E-state index < -0.39 is 17.8 Å². The van der Waals surface area contributed by atoms with Crippen LogP contribution in [0.25, 0.3) is 0 Å². The fraction of sp³-hybridized carbons (Fsp3) is 0.600. The van der Waals surface area contributed by atoms with Crippen molar-refractivity contribution in [2.75, 3.05) is 32.7 Å². The molecule has 6 heteroatoms. The van der Waals surface area contributed by atoms with Crippen molar-refractivity contribution in [1.29, 1.82) is 0 Å². The Hall–Kier alpha value is -1.11. The van der Waals surface area contributed by atoms with E-state index in [9.17, 15) is 18.3 Å². The zero-order valence-electron chi connectivity index (χ0n) is 11.7. The summed E-state index contributed by atoms with van der Waals surface area (Å²) in [5.41, 5.74) is -0.114. The minimum Gasteiger partial charge on any atom is -0.391 e. The Balaban J connectivity index is 1.69. The maximum atomic E-state index is 12.7. The molecule has 0 spiro atoms. The molecule has 0 aromatic heterocycles. The number of halogens is 3. The molecule has 1 aromatic carbocycles. The molecule has 3 heterocycles. The summed E-state index contributed by atoms with van der Waals surface area (Å²) in [6.07, 6.45) is -4.70. The number of aliphatic hydroxyl groups excluding tert-OH is 1. The number of hydrogen-bond donors (Lipinski definition) is 1. The van der Waals surface area contributed by atoms with Crippen LogP contribution in [0.3, 0.4) is 0 Å². The van der Waals surface area contributed by atoms with Crippen LogP contribution in [0, 0.1) is 0 Å². The highest BCUT2D eigenvalue weighted by Gasteiger charge is 2.36. The zero-order chi connectivity index (χ0) is 15.0. The van der Waals surface area contributed by atoms with E-state index in [-0.39, 0.29) is 12.5 Å². The number of benzene rings is 1. The minimum absolute atomic E-state index is 0.0297. The van der Waals surface area contributed by atoms with Crippen molar-refractivity contribution in [1.82, 2.24) is 9.80 Å². The van der Waals surface area contributed by atoms with Gasteiger partial charge in [-0.1, -0.05) is 18.2 Å². The third-order valence-corrected chi connectivity index (χ3v) is 4.46. The molecule has 3 aliphatic rings. The second-order valence-electron chi connectivity index (χ2n) is 5.87. The molecular weight excluding hydrogens is 281 g/mol. The highest BCUT2D eigenvalue weighted by Crippen LogP contribution is 2.30. The summed E-state index contributed by atoms with van der Waals surface area (Å²) in [4.78, 5) is 4.55. The molecule has 3 fully saturated rings. The lowest BCUT2D eigenvalue weighted by Crippen LogP contribution is -2.64. The number of nitrogens with zero attached hydrogens (tertiary/aromatic N) is 2. The van der Waals surface area contributed by atoms with Crippen molar-refractivity contribution in [3.63, 3.8) is 0 Å². The molecule has 0 aliphatic carbocycles. The summed E-state index contributed by atoms with van der Waals surface area (Å²) in [5.74, 6) is 0. The van der Waals surface area contributed by atoms with E-state index in [0.717, 1.165) is 44.9 Å². The van der Waals surface area contributed by atoms with Gasteiger partial charge in [0.05, 0.1) is 11.7 Å². The smallest absolute Gasteiger partial charge is 0.391 e. The van der Waals surface area contributed by atoms with E-state index in [1.54, 1.807) is 6.07 Å². The van der Waals surface area contributed by atoms with Crippen LogP contribution in [0.2, 0.25) is 0 Å². The summed E-state index contributed by atoms with van der Waals surface area (Å²) in [6.45, 7) is 4.72. The molecule has 3 nitrogen and oxygen atoms in total. The Kier molecular flexibility index (Phi) is 3.94. The fourth-order valence-corrected chi connectivity index (χ4v) is 3.27. The average Bonchev–Trinajstić information content (AvgIpc) is 2.48. The normalized spacial score (nSPS) is 30.4. The lowest BCUT2D eigenvalue weighted by Gasteiger charge is -2.49. The number of piperazine rings is 3. The molecule has 21 heavy (non-hydrogen) atoms. The molecule has 4 rings (SSSR count). The molecule has 116 valence electrons. The molecule has 3 aliphatic heterocycles. The molecule has 0 radical (unpaired) electrons. The van der Waals surface area contributed by atoms with Crippen molar-refractivity contribution >= 4 is 0 Å². The van der Waals surface area contributed by atoms with E-state index in [1.807, 2.05) is 0 Å². The van der Waals surface area contributed by atoms with Crippen molar-refractivity contribution in [3.05, 3.63) is 35.4 Å². The Bertz CT molecular complexity index is 498. The summed E-state index contributed by atoms with van der Waals surface area (Å²) in [7, 11) is 0. The van der Waals surface area contributed by atoms with E-state index >= 15 is 0 Å². The molecule has 1 N–H and O–H groups in total. The Morgan fingerprint density at radius 2 is 1.90 bits per heavy atom. The predicted octanol–water partition coefficient (Wildman–Crippen LogP) is 1.61. The number of aliphatic hydroxyl groups is 1. The number of fused-ring (bicyclic) bond motifs is 3. The predicted molar refractivity (Wildman–Crippen MR) is 73.0 cm³/mol. The average molecular weight is 300 g/mol. The van der Waals surface area contributed by atoms with Crippen molar-refractivity contribution in [2.45, 2.75) is 24.7 Å². The zero-order valence-corrected chi connectivity index (χ0v) is 11.7. The summed E-state index contributed by atoms with van der Waals surface area (Å²) >= 11 is 0. The molecule has 2 bridgehead atoms. The van der Waals surface area contributed by atoms with Gasteiger partial charge in [-0.3, -0.25) is 9.80 Å². The van der Waals surface area contributed by atoms with E-state index in [4.69, 9.17) is 0 Å².